The Hall–Kier alpha value is -0.820. The first kappa shape index (κ1) is 15.6. The van der Waals surface area contributed by atoms with Crippen LogP contribution in [0, 0.1) is 11.8 Å². The van der Waals surface area contributed by atoms with Crippen LogP contribution in [0.5, 0.6) is 0 Å². The zero-order chi connectivity index (χ0) is 14.4. The Kier molecular flexibility index (Phi) is 6.09. The maximum atomic E-state index is 3.78. The van der Waals surface area contributed by atoms with Crippen molar-refractivity contribution in [1.29, 1.82) is 0 Å². The molecule has 0 heterocycles. The molecule has 1 fully saturated rings. The largest absolute Gasteiger partial charge is 0.310 e. The third-order valence-corrected chi connectivity index (χ3v) is 4.61. The Morgan fingerprint density at radius 1 is 1.10 bits per heavy atom. The van der Waals surface area contributed by atoms with Gasteiger partial charge in [0.05, 0.1) is 0 Å². The van der Waals surface area contributed by atoms with Crippen LogP contribution in [0.15, 0.2) is 24.3 Å². The van der Waals surface area contributed by atoms with Crippen molar-refractivity contribution in [3.63, 3.8) is 0 Å². The fourth-order valence-electron chi connectivity index (χ4n) is 3.51. The van der Waals surface area contributed by atoms with Gasteiger partial charge in [-0.25, -0.2) is 0 Å². The smallest absolute Gasteiger partial charge is 0.0208 e. The summed E-state index contributed by atoms with van der Waals surface area (Å²) in [6.07, 6.45) is 8.13. The molecule has 0 aromatic heterocycles. The Morgan fingerprint density at radius 3 is 2.45 bits per heavy atom. The van der Waals surface area contributed by atoms with Crippen molar-refractivity contribution in [3.8, 4) is 0 Å². The van der Waals surface area contributed by atoms with Gasteiger partial charge in [-0.1, -0.05) is 57.9 Å². The molecule has 1 aromatic rings. The first-order valence-electron chi connectivity index (χ1n) is 8.48. The van der Waals surface area contributed by atoms with Gasteiger partial charge in [-0.2, -0.15) is 0 Å². The average Bonchev–Trinajstić information content (AvgIpc) is 2.45. The zero-order valence-electron chi connectivity index (χ0n) is 13.5. The number of benzene rings is 1. The predicted molar refractivity (Wildman–Crippen MR) is 87.9 cm³/mol. The highest BCUT2D eigenvalue weighted by molar-refractivity contribution is 5.22. The van der Waals surface area contributed by atoms with Crippen LogP contribution in [0.2, 0.25) is 0 Å². The molecule has 1 aliphatic carbocycles. The summed E-state index contributed by atoms with van der Waals surface area (Å²) in [7, 11) is 0. The second kappa shape index (κ2) is 7.83. The molecule has 0 saturated heterocycles. The summed E-state index contributed by atoms with van der Waals surface area (Å²) in [5.41, 5.74) is 2.86. The van der Waals surface area contributed by atoms with Gasteiger partial charge in [-0.15, -0.1) is 0 Å². The molecule has 0 aliphatic heterocycles. The van der Waals surface area contributed by atoms with Crippen molar-refractivity contribution in [3.05, 3.63) is 35.4 Å². The average molecular weight is 273 g/mol. The summed E-state index contributed by atoms with van der Waals surface area (Å²) >= 11 is 0. The van der Waals surface area contributed by atoms with E-state index in [0.29, 0.717) is 0 Å². The molecular weight excluding hydrogens is 242 g/mol. The summed E-state index contributed by atoms with van der Waals surface area (Å²) in [6.45, 7) is 7.95. The third-order valence-electron chi connectivity index (χ3n) is 4.61. The molecule has 20 heavy (non-hydrogen) atoms. The zero-order valence-corrected chi connectivity index (χ0v) is 13.5. The van der Waals surface area contributed by atoms with E-state index in [1.165, 1.54) is 43.2 Å². The van der Waals surface area contributed by atoms with Crippen LogP contribution in [0.25, 0.3) is 0 Å². The first-order chi connectivity index (χ1) is 9.67. The van der Waals surface area contributed by atoms with E-state index in [0.717, 1.165) is 30.8 Å². The molecule has 1 heteroatoms. The highest BCUT2D eigenvalue weighted by Gasteiger charge is 2.22. The number of hydrogen-bond acceptors (Lipinski definition) is 1. The standard InChI is InChI=1S/C19H31N/c1-4-16-8-10-17(11-9-16)14-20-19-7-5-6-18(13-19)12-15(2)3/h8-11,15,18-20H,4-7,12-14H2,1-3H3. The Balaban J connectivity index is 1.77. The lowest BCUT2D eigenvalue weighted by Gasteiger charge is -2.31. The van der Waals surface area contributed by atoms with Crippen molar-refractivity contribution in [2.45, 2.75) is 71.9 Å². The van der Waals surface area contributed by atoms with Gasteiger partial charge in [0, 0.05) is 12.6 Å². The van der Waals surface area contributed by atoms with E-state index in [1.807, 2.05) is 0 Å². The number of rotatable bonds is 6. The fraction of sp³-hybridized carbons (Fsp3) is 0.684. The molecule has 0 bridgehead atoms. The van der Waals surface area contributed by atoms with E-state index in [2.05, 4.69) is 50.4 Å². The van der Waals surface area contributed by atoms with Crippen molar-refractivity contribution in [2.24, 2.45) is 11.8 Å². The molecule has 2 unspecified atom stereocenters. The molecule has 2 rings (SSSR count). The van der Waals surface area contributed by atoms with Crippen LogP contribution < -0.4 is 5.32 Å². The lowest BCUT2D eigenvalue weighted by molar-refractivity contribution is 0.252. The van der Waals surface area contributed by atoms with Gasteiger partial charge in [0.25, 0.3) is 0 Å². The monoisotopic (exact) mass is 273 g/mol. The van der Waals surface area contributed by atoms with Gasteiger partial charge in [-0.05, 0) is 48.6 Å². The lowest BCUT2D eigenvalue weighted by atomic mass is 9.81. The Morgan fingerprint density at radius 2 is 1.80 bits per heavy atom. The molecule has 2 atom stereocenters. The second-order valence-electron chi connectivity index (χ2n) is 6.91. The maximum Gasteiger partial charge on any atom is 0.0208 e. The molecule has 112 valence electrons. The van der Waals surface area contributed by atoms with Gasteiger partial charge in [-0.3, -0.25) is 0 Å². The van der Waals surface area contributed by atoms with E-state index in [-0.39, 0.29) is 0 Å². The van der Waals surface area contributed by atoms with Crippen LogP contribution in [0.1, 0.15) is 64.0 Å². The van der Waals surface area contributed by atoms with Crippen LogP contribution >= 0.6 is 0 Å². The van der Waals surface area contributed by atoms with E-state index < -0.39 is 0 Å². The van der Waals surface area contributed by atoms with Gasteiger partial charge >= 0.3 is 0 Å². The second-order valence-corrected chi connectivity index (χ2v) is 6.91. The summed E-state index contributed by atoms with van der Waals surface area (Å²) in [6, 6.07) is 9.82. The van der Waals surface area contributed by atoms with Crippen molar-refractivity contribution < 1.29 is 0 Å². The van der Waals surface area contributed by atoms with Crippen LogP contribution in [0.4, 0.5) is 0 Å². The minimum absolute atomic E-state index is 0.735. The molecule has 1 N–H and O–H groups in total. The molecule has 1 nitrogen and oxygen atoms in total. The maximum absolute atomic E-state index is 3.78. The van der Waals surface area contributed by atoms with Crippen LogP contribution in [0.3, 0.4) is 0 Å². The van der Waals surface area contributed by atoms with Gasteiger partial charge in [0.15, 0.2) is 0 Å². The molecular formula is C19H31N. The van der Waals surface area contributed by atoms with Gasteiger partial charge in [0.2, 0.25) is 0 Å². The fourth-order valence-corrected chi connectivity index (χ4v) is 3.51. The third kappa shape index (κ3) is 4.94. The number of nitrogens with one attached hydrogen (secondary N) is 1. The number of hydrogen-bond donors (Lipinski definition) is 1. The summed E-state index contributed by atoms with van der Waals surface area (Å²) in [4.78, 5) is 0. The predicted octanol–water partition coefficient (Wildman–Crippen LogP) is 4.94. The van der Waals surface area contributed by atoms with Crippen LogP contribution in [-0.4, -0.2) is 6.04 Å². The minimum atomic E-state index is 0.735. The molecule has 0 amide bonds. The summed E-state index contributed by atoms with van der Waals surface area (Å²) in [5.74, 6) is 1.80. The normalized spacial score (nSPS) is 23.2. The van der Waals surface area contributed by atoms with Crippen LogP contribution in [-0.2, 0) is 13.0 Å². The number of aryl methyl sites for hydroxylation is 1. The molecule has 0 spiro atoms. The first-order valence-corrected chi connectivity index (χ1v) is 8.48. The minimum Gasteiger partial charge on any atom is -0.310 e. The summed E-state index contributed by atoms with van der Waals surface area (Å²) in [5, 5.41) is 3.78. The topological polar surface area (TPSA) is 12.0 Å². The highest BCUT2D eigenvalue weighted by Crippen LogP contribution is 2.29. The van der Waals surface area contributed by atoms with Crippen molar-refractivity contribution >= 4 is 0 Å². The van der Waals surface area contributed by atoms with Gasteiger partial charge < -0.3 is 5.32 Å². The Bertz CT molecular complexity index is 379. The van der Waals surface area contributed by atoms with Crippen molar-refractivity contribution in [2.75, 3.05) is 0 Å². The SMILES string of the molecule is CCc1ccc(CNC2CCCC(CC(C)C)C2)cc1. The molecule has 1 aromatic carbocycles. The van der Waals surface area contributed by atoms with E-state index >= 15 is 0 Å². The molecule has 1 saturated carbocycles. The lowest BCUT2D eigenvalue weighted by Crippen LogP contribution is -2.34. The van der Waals surface area contributed by atoms with Crippen molar-refractivity contribution in [1.82, 2.24) is 5.32 Å². The van der Waals surface area contributed by atoms with E-state index in [9.17, 15) is 0 Å². The highest BCUT2D eigenvalue weighted by atomic mass is 14.9. The van der Waals surface area contributed by atoms with E-state index in [1.54, 1.807) is 0 Å². The van der Waals surface area contributed by atoms with E-state index in [4.69, 9.17) is 0 Å². The quantitative estimate of drug-likeness (QED) is 0.774. The van der Waals surface area contributed by atoms with Gasteiger partial charge in [0.1, 0.15) is 0 Å². The molecule has 1 aliphatic rings. The molecule has 0 radical (unpaired) electrons. The summed E-state index contributed by atoms with van der Waals surface area (Å²) < 4.78 is 0. The Labute approximate surface area is 125 Å².